The summed E-state index contributed by atoms with van der Waals surface area (Å²) in [7, 11) is 0. The van der Waals surface area contributed by atoms with Crippen molar-refractivity contribution in [2.45, 2.75) is 33.2 Å². The number of aromatic nitrogens is 2. The first kappa shape index (κ1) is 19.4. The van der Waals surface area contributed by atoms with Gasteiger partial charge >= 0.3 is 0 Å². The molecule has 3 rings (SSSR count). The molecule has 0 amide bonds. The van der Waals surface area contributed by atoms with Crippen LogP contribution in [-0.2, 0) is 6.54 Å². The zero-order chi connectivity index (χ0) is 19.4. The number of hydrogen-bond donors (Lipinski definition) is 2. The highest BCUT2D eigenvalue weighted by Gasteiger charge is 2.07. The van der Waals surface area contributed by atoms with E-state index in [1.807, 2.05) is 54.1 Å². The van der Waals surface area contributed by atoms with Gasteiger partial charge in [-0.25, -0.2) is 0 Å². The van der Waals surface area contributed by atoms with E-state index in [0.717, 1.165) is 27.8 Å². The Bertz CT molecular complexity index is 914. The third-order valence-electron chi connectivity index (χ3n) is 4.30. The van der Waals surface area contributed by atoms with Gasteiger partial charge in [-0.3, -0.25) is 4.68 Å². The molecular weight excluding hydrogens is 376 g/mol. The lowest BCUT2D eigenvalue weighted by atomic mass is 10.0. The highest BCUT2D eigenvalue weighted by atomic mass is 35.5. The number of rotatable bonds is 5. The predicted octanol–water partition coefficient (Wildman–Crippen LogP) is 5.83. The van der Waals surface area contributed by atoms with Crippen molar-refractivity contribution in [3.05, 3.63) is 76.4 Å². The summed E-state index contributed by atoms with van der Waals surface area (Å²) in [6, 6.07) is 18.1. The fourth-order valence-corrected chi connectivity index (χ4v) is 3.07. The van der Waals surface area contributed by atoms with Crippen molar-refractivity contribution in [1.82, 2.24) is 9.78 Å². The van der Waals surface area contributed by atoms with Gasteiger partial charge in [0, 0.05) is 22.5 Å². The van der Waals surface area contributed by atoms with Gasteiger partial charge < -0.3 is 10.6 Å². The highest BCUT2D eigenvalue weighted by Crippen LogP contribution is 2.18. The number of hydrogen-bond acceptors (Lipinski definition) is 2. The minimum Gasteiger partial charge on any atom is -0.332 e. The van der Waals surface area contributed by atoms with E-state index in [1.54, 1.807) is 0 Å². The molecule has 140 valence electrons. The summed E-state index contributed by atoms with van der Waals surface area (Å²) in [6.07, 6.45) is 0. The van der Waals surface area contributed by atoms with Crippen LogP contribution in [0.1, 0.15) is 36.6 Å². The molecule has 2 N–H and O–H groups in total. The molecule has 0 saturated carbocycles. The summed E-state index contributed by atoms with van der Waals surface area (Å²) in [5.41, 5.74) is 4.45. The molecule has 6 heteroatoms. The van der Waals surface area contributed by atoms with E-state index in [2.05, 4.69) is 41.7 Å². The average Bonchev–Trinajstić information content (AvgIpc) is 2.96. The number of nitrogens with zero attached hydrogens (tertiary/aromatic N) is 2. The van der Waals surface area contributed by atoms with Gasteiger partial charge in [0.2, 0.25) is 0 Å². The molecule has 0 atom stereocenters. The lowest BCUT2D eigenvalue weighted by Gasteiger charge is -2.10. The van der Waals surface area contributed by atoms with E-state index in [-0.39, 0.29) is 0 Å². The van der Waals surface area contributed by atoms with E-state index >= 15 is 0 Å². The van der Waals surface area contributed by atoms with Crippen LogP contribution in [0.2, 0.25) is 5.02 Å². The second-order valence-corrected chi connectivity index (χ2v) is 7.66. The van der Waals surface area contributed by atoms with Gasteiger partial charge in [0.25, 0.3) is 0 Å². The summed E-state index contributed by atoms with van der Waals surface area (Å²) in [6.45, 7) is 7.06. The van der Waals surface area contributed by atoms with Crippen LogP contribution in [0.25, 0.3) is 0 Å². The molecule has 4 nitrogen and oxygen atoms in total. The SMILES string of the molecule is Cc1cc(NC(=S)Nc2ccc(C(C)C)cc2)nn1Cc1ccc(Cl)cc1. The zero-order valence-electron chi connectivity index (χ0n) is 15.7. The summed E-state index contributed by atoms with van der Waals surface area (Å²) in [5.74, 6) is 1.23. The topological polar surface area (TPSA) is 41.9 Å². The molecule has 0 aliphatic heterocycles. The standard InChI is InChI=1S/C21H23ClN4S/c1-14(2)17-6-10-19(11-7-17)23-21(27)24-20-12-15(3)26(25-20)13-16-4-8-18(22)9-5-16/h4-12,14H,13H2,1-3H3,(H2,23,24,25,27). The first-order chi connectivity index (χ1) is 12.9. The number of anilines is 2. The van der Waals surface area contributed by atoms with Gasteiger partial charge in [-0.05, 0) is 60.5 Å². The summed E-state index contributed by atoms with van der Waals surface area (Å²) < 4.78 is 1.94. The Balaban J connectivity index is 1.62. The van der Waals surface area contributed by atoms with Crippen molar-refractivity contribution >= 4 is 40.4 Å². The van der Waals surface area contributed by atoms with Crippen LogP contribution in [0.15, 0.2) is 54.6 Å². The number of benzene rings is 2. The predicted molar refractivity (Wildman–Crippen MR) is 118 cm³/mol. The Hall–Kier alpha value is -2.37. The van der Waals surface area contributed by atoms with Crippen molar-refractivity contribution in [1.29, 1.82) is 0 Å². The zero-order valence-corrected chi connectivity index (χ0v) is 17.2. The van der Waals surface area contributed by atoms with Gasteiger partial charge in [-0.2, -0.15) is 5.10 Å². The molecule has 0 aliphatic rings. The third kappa shape index (κ3) is 5.31. The first-order valence-corrected chi connectivity index (χ1v) is 9.66. The number of halogens is 1. The molecule has 27 heavy (non-hydrogen) atoms. The monoisotopic (exact) mass is 398 g/mol. The molecule has 1 heterocycles. The summed E-state index contributed by atoms with van der Waals surface area (Å²) in [4.78, 5) is 0. The number of thiocarbonyl (C=S) groups is 1. The molecule has 0 saturated heterocycles. The Labute approximate surface area is 170 Å². The van der Waals surface area contributed by atoms with E-state index < -0.39 is 0 Å². The van der Waals surface area contributed by atoms with Crippen LogP contribution >= 0.6 is 23.8 Å². The van der Waals surface area contributed by atoms with Crippen LogP contribution in [0.5, 0.6) is 0 Å². The molecule has 0 unspecified atom stereocenters. The largest absolute Gasteiger partial charge is 0.332 e. The molecule has 1 aromatic heterocycles. The second-order valence-electron chi connectivity index (χ2n) is 6.81. The van der Waals surface area contributed by atoms with Crippen LogP contribution < -0.4 is 10.6 Å². The van der Waals surface area contributed by atoms with Gasteiger partial charge in [-0.15, -0.1) is 0 Å². The molecule has 0 spiro atoms. The Morgan fingerprint density at radius 2 is 1.74 bits per heavy atom. The van der Waals surface area contributed by atoms with Crippen LogP contribution in [0, 0.1) is 6.92 Å². The molecule has 2 aromatic carbocycles. The average molecular weight is 399 g/mol. The van der Waals surface area contributed by atoms with Gasteiger partial charge in [0.1, 0.15) is 0 Å². The van der Waals surface area contributed by atoms with E-state index in [1.165, 1.54) is 5.56 Å². The smallest absolute Gasteiger partial charge is 0.176 e. The maximum absolute atomic E-state index is 5.94. The van der Waals surface area contributed by atoms with E-state index in [0.29, 0.717) is 17.6 Å². The normalized spacial score (nSPS) is 10.9. The minimum atomic E-state index is 0.511. The molecular formula is C21H23ClN4S. The van der Waals surface area contributed by atoms with E-state index in [4.69, 9.17) is 23.8 Å². The van der Waals surface area contributed by atoms with Gasteiger partial charge in [0.05, 0.1) is 6.54 Å². The summed E-state index contributed by atoms with van der Waals surface area (Å²) >= 11 is 11.4. The maximum atomic E-state index is 5.94. The molecule has 0 radical (unpaired) electrons. The lowest BCUT2D eigenvalue weighted by molar-refractivity contribution is 0.668. The van der Waals surface area contributed by atoms with Crippen molar-refractivity contribution < 1.29 is 0 Å². The number of nitrogens with one attached hydrogen (secondary N) is 2. The van der Waals surface area contributed by atoms with E-state index in [9.17, 15) is 0 Å². The Morgan fingerprint density at radius 1 is 1.07 bits per heavy atom. The van der Waals surface area contributed by atoms with Crippen LogP contribution in [0.4, 0.5) is 11.5 Å². The molecule has 0 bridgehead atoms. The van der Waals surface area contributed by atoms with Gasteiger partial charge in [0.15, 0.2) is 10.9 Å². The fraction of sp³-hybridized carbons (Fsp3) is 0.238. The Kier molecular flexibility index (Phi) is 6.14. The van der Waals surface area contributed by atoms with Crippen molar-refractivity contribution in [2.24, 2.45) is 0 Å². The lowest BCUT2D eigenvalue weighted by Crippen LogP contribution is -2.19. The summed E-state index contributed by atoms with van der Waals surface area (Å²) in [5, 5.41) is 12.2. The van der Waals surface area contributed by atoms with Gasteiger partial charge in [-0.1, -0.05) is 49.7 Å². The van der Waals surface area contributed by atoms with Crippen LogP contribution in [-0.4, -0.2) is 14.9 Å². The molecule has 0 aliphatic carbocycles. The van der Waals surface area contributed by atoms with Crippen LogP contribution in [0.3, 0.4) is 0 Å². The second kappa shape index (κ2) is 8.55. The Morgan fingerprint density at radius 3 is 2.37 bits per heavy atom. The van der Waals surface area contributed by atoms with Crippen molar-refractivity contribution in [2.75, 3.05) is 10.6 Å². The number of aryl methyl sites for hydroxylation is 1. The minimum absolute atomic E-state index is 0.511. The molecule has 0 fully saturated rings. The first-order valence-electron chi connectivity index (χ1n) is 8.87. The fourth-order valence-electron chi connectivity index (χ4n) is 2.72. The highest BCUT2D eigenvalue weighted by molar-refractivity contribution is 7.80. The molecule has 3 aromatic rings. The van der Waals surface area contributed by atoms with Crippen molar-refractivity contribution in [3.8, 4) is 0 Å². The maximum Gasteiger partial charge on any atom is 0.176 e. The van der Waals surface area contributed by atoms with Crippen molar-refractivity contribution in [3.63, 3.8) is 0 Å². The third-order valence-corrected chi connectivity index (χ3v) is 4.76. The quantitative estimate of drug-likeness (QED) is 0.531.